The molecule has 0 spiro atoms. The summed E-state index contributed by atoms with van der Waals surface area (Å²) in [6.07, 6.45) is 9.93. The number of halogens is 1. The molecule has 0 aliphatic carbocycles. The van der Waals surface area contributed by atoms with Crippen molar-refractivity contribution in [3.05, 3.63) is 34.9 Å². The third kappa shape index (κ3) is 6.79. The maximum Gasteiger partial charge on any atom is 0.269 e. The van der Waals surface area contributed by atoms with Crippen molar-refractivity contribution in [2.75, 3.05) is 26.2 Å². The summed E-state index contributed by atoms with van der Waals surface area (Å²) < 4.78 is 10.7. The Hall–Kier alpha value is -0.980. The van der Waals surface area contributed by atoms with Gasteiger partial charge in [0, 0.05) is 41.9 Å². The topological polar surface area (TPSA) is 60.0 Å². The molecular formula is C24H39ClN5OPS. The van der Waals surface area contributed by atoms with Crippen molar-refractivity contribution in [1.82, 2.24) is 20.2 Å². The fourth-order valence-electron chi connectivity index (χ4n) is 4.90. The van der Waals surface area contributed by atoms with Gasteiger partial charge in [-0.25, -0.2) is 4.74 Å². The van der Waals surface area contributed by atoms with Crippen molar-refractivity contribution in [2.45, 2.75) is 77.3 Å². The van der Waals surface area contributed by atoms with Crippen LogP contribution in [0.15, 0.2) is 29.0 Å². The van der Waals surface area contributed by atoms with Crippen LogP contribution in [0.4, 0.5) is 0 Å². The summed E-state index contributed by atoms with van der Waals surface area (Å²) in [5.41, 5.74) is 6.20. The molecule has 0 saturated carbocycles. The summed E-state index contributed by atoms with van der Waals surface area (Å²) in [5, 5.41) is 0.891. The summed E-state index contributed by atoms with van der Waals surface area (Å²) >= 11 is 11.7. The minimum atomic E-state index is -2.16. The lowest BCUT2D eigenvalue weighted by molar-refractivity contribution is 0.0944. The number of nitrogens with one attached hydrogen (secondary N) is 2. The van der Waals surface area contributed by atoms with E-state index in [1.807, 2.05) is 0 Å². The van der Waals surface area contributed by atoms with Crippen molar-refractivity contribution in [3.8, 4) is 0 Å². The molecule has 1 amide bonds. The highest BCUT2D eigenvalue weighted by molar-refractivity contribution is 7.81. The summed E-state index contributed by atoms with van der Waals surface area (Å²) in [6.45, 7) is 11.2. The summed E-state index contributed by atoms with van der Waals surface area (Å²) in [6, 6.07) is 6.79. The first kappa shape index (κ1) is 26.6. The Kier molecular flexibility index (Phi) is 9.78. The van der Waals surface area contributed by atoms with Crippen molar-refractivity contribution in [1.29, 1.82) is 0 Å². The Balaban J connectivity index is 1.91. The van der Waals surface area contributed by atoms with Crippen molar-refractivity contribution >= 4 is 42.2 Å². The molecular weight excluding hydrogens is 473 g/mol. The van der Waals surface area contributed by atoms with Crippen molar-refractivity contribution < 1.29 is 4.79 Å². The average Bonchev–Trinajstić information content (AvgIpc) is 3.21. The van der Waals surface area contributed by atoms with Crippen LogP contribution in [-0.4, -0.2) is 51.7 Å². The van der Waals surface area contributed by atoms with Gasteiger partial charge in [0.2, 0.25) is 5.11 Å². The molecule has 184 valence electrons. The van der Waals surface area contributed by atoms with Crippen LogP contribution in [0.25, 0.3) is 0 Å². The molecule has 2 saturated heterocycles. The first-order valence-corrected chi connectivity index (χ1v) is 14.7. The van der Waals surface area contributed by atoms with E-state index in [0.29, 0.717) is 15.7 Å². The van der Waals surface area contributed by atoms with Crippen LogP contribution in [0.2, 0.25) is 5.02 Å². The van der Waals surface area contributed by atoms with Crippen LogP contribution in [-0.2, 0) is 0 Å². The lowest BCUT2D eigenvalue weighted by Crippen LogP contribution is -2.44. The quantitative estimate of drug-likeness (QED) is 0.278. The Morgan fingerprint density at radius 1 is 0.879 bits per heavy atom. The third-order valence-corrected chi connectivity index (χ3v) is 11.7. The van der Waals surface area contributed by atoms with E-state index < -0.39 is 7.36 Å². The van der Waals surface area contributed by atoms with E-state index >= 15 is 0 Å². The fourth-order valence-corrected chi connectivity index (χ4v) is 10.0. The number of hydrogen-bond donors (Lipinski definition) is 2. The maximum atomic E-state index is 12.6. The summed E-state index contributed by atoms with van der Waals surface area (Å²) in [5.74, 6) is -0.256. The van der Waals surface area contributed by atoms with Gasteiger partial charge in [-0.3, -0.25) is 25.0 Å². The zero-order valence-electron chi connectivity index (χ0n) is 20.3. The molecule has 33 heavy (non-hydrogen) atoms. The molecule has 1 aromatic rings. The minimum absolute atomic E-state index is 0.0619. The molecule has 6 nitrogen and oxygen atoms in total. The molecule has 2 N–H and O–H groups in total. The lowest BCUT2D eigenvalue weighted by Gasteiger charge is -2.50. The second kappa shape index (κ2) is 12.1. The molecule has 3 rings (SSSR count). The zero-order valence-corrected chi connectivity index (χ0v) is 22.7. The monoisotopic (exact) mass is 511 g/mol. The number of benzene rings is 1. The highest BCUT2D eigenvalue weighted by Crippen LogP contribution is 2.66. The normalized spacial score (nSPS) is 19.3. The number of rotatable bonds is 3. The van der Waals surface area contributed by atoms with Gasteiger partial charge < -0.3 is 0 Å². The number of hydrazine groups is 1. The van der Waals surface area contributed by atoms with Crippen LogP contribution in [0, 0.1) is 0 Å². The van der Waals surface area contributed by atoms with E-state index in [2.05, 4.69) is 41.0 Å². The predicted octanol–water partition coefficient (Wildman–Crippen LogP) is 6.44. The van der Waals surface area contributed by atoms with Gasteiger partial charge in [-0.05, 0) is 62.2 Å². The number of carbonyl (C=O) groups excluding carboxylic acids is 1. The highest BCUT2D eigenvalue weighted by atomic mass is 35.5. The van der Waals surface area contributed by atoms with Crippen molar-refractivity contribution in [3.63, 3.8) is 0 Å². The van der Waals surface area contributed by atoms with Crippen LogP contribution in [0.3, 0.4) is 0 Å². The van der Waals surface area contributed by atoms with Crippen LogP contribution >= 0.6 is 31.2 Å². The van der Waals surface area contributed by atoms with Gasteiger partial charge in [0.25, 0.3) is 5.91 Å². The highest BCUT2D eigenvalue weighted by Gasteiger charge is 2.44. The molecule has 0 radical (unpaired) electrons. The molecule has 0 atom stereocenters. The summed E-state index contributed by atoms with van der Waals surface area (Å²) in [4.78, 5) is 12.6. The van der Waals surface area contributed by atoms with Crippen molar-refractivity contribution in [2.24, 2.45) is 4.74 Å². The third-order valence-electron chi connectivity index (χ3n) is 6.47. The number of thiocarbonyl (C=S) groups is 1. The van der Waals surface area contributed by atoms with E-state index in [1.54, 1.807) is 24.3 Å². The number of nitrogens with zero attached hydrogens (tertiary/aromatic N) is 3. The van der Waals surface area contributed by atoms with E-state index in [-0.39, 0.29) is 11.1 Å². The van der Waals surface area contributed by atoms with E-state index in [9.17, 15) is 4.79 Å². The molecule has 1 aromatic carbocycles. The van der Waals surface area contributed by atoms with Gasteiger partial charge in [-0.15, -0.1) is 0 Å². The van der Waals surface area contributed by atoms with E-state index in [1.165, 1.54) is 51.4 Å². The van der Waals surface area contributed by atoms with Gasteiger partial charge in [0.1, 0.15) is 7.36 Å². The average molecular weight is 512 g/mol. The molecule has 2 fully saturated rings. The number of carbonyl (C=O) groups is 1. The molecule has 2 heterocycles. The number of amides is 1. The second-order valence-electron chi connectivity index (χ2n) is 9.97. The first-order valence-electron chi connectivity index (χ1n) is 12.2. The Morgan fingerprint density at radius 3 is 1.76 bits per heavy atom. The Bertz CT molecular complexity index is 831. The fraction of sp³-hybridized carbons (Fsp3) is 0.667. The lowest BCUT2D eigenvalue weighted by atomic mass is 10.2. The number of hydrogen-bond acceptors (Lipinski definition) is 2. The first-order chi connectivity index (χ1) is 15.7. The molecule has 9 heteroatoms. The zero-order chi connectivity index (χ0) is 23.9. The Labute approximate surface area is 210 Å². The Morgan fingerprint density at radius 2 is 1.33 bits per heavy atom. The van der Waals surface area contributed by atoms with Gasteiger partial charge in [0.05, 0.1) is 0 Å². The molecule has 0 unspecified atom stereocenters. The predicted molar refractivity (Wildman–Crippen MR) is 144 cm³/mol. The molecule has 2 aliphatic heterocycles. The van der Waals surface area contributed by atoms with E-state index in [4.69, 9.17) is 28.6 Å². The molecule has 2 aliphatic rings. The largest absolute Gasteiger partial charge is 0.272 e. The standard InChI is InChI=1S/C24H39ClN5OPS/c1-24(2,3)32(29-16-8-4-5-9-17-29,30-18-10-6-7-11-19-30)28-23(33)27-26-22(31)20-12-14-21(25)15-13-20/h12-15H,4-11,16-19H2,1-3H3,(H,26,31)(H,27,33). The van der Waals surface area contributed by atoms with Crippen LogP contribution in [0.1, 0.15) is 82.5 Å². The molecule has 0 bridgehead atoms. The van der Waals surface area contributed by atoms with Gasteiger partial charge >= 0.3 is 0 Å². The maximum absolute atomic E-state index is 12.6. The van der Waals surface area contributed by atoms with Gasteiger partial charge in [-0.2, -0.15) is 0 Å². The summed E-state index contributed by atoms with van der Waals surface area (Å²) in [7, 11) is -2.16. The van der Waals surface area contributed by atoms with Gasteiger partial charge in [0.15, 0.2) is 0 Å². The molecule has 0 aromatic heterocycles. The van der Waals surface area contributed by atoms with Gasteiger partial charge in [-0.1, -0.05) is 58.1 Å². The van der Waals surface area contributed by atoms with Crippen LogP contribution in [0.5, 0.6) is 0 Å². The van der Waals surface area contributed by atoms with Crippen LogP contribution < -0.4 is 10.9 Å². The smallest absolute Gasteiger partial charge is 0.269 e. The SMILES string of the molecule is CC(C)(C)P(=NC(=S)NNC(=O)c1ccc(Cl)cc1)(N1CCCCCC1)N1CCCCCC1. The van der Waals surface area contributed by atoms with E-state index in [0.717, 1.165) is 26.2 Å². The minimum Gasteiger partial charge on any atom is -0.272 e. The second-order valence-corrected chi connectivity index (χ2v) is 14.6.